The van der Waals surface area contributed by atoms with Gasteiger partial charge in [0.15, 0.2) is 0 Å². The van der Waals surface area contributed by atoms with Crippen LogP contribution in [0.5, 0.6) is 0 Å². The fourth-order valence-corrected chi connectivity index (χ4v) is 1.53. The van der Waals surface area contributed by atoms with Gasteiger partial charge in [0.25, 0.3) is 0 Å². The minimum atomic E-state index is 0.406. The van der Waals surface area contributed by atoms with E-state index < -0.39 is 0 Å². The molecule has 1 heteroatoms. The van der Waals surface area contributed by atoms with Crippen LogP contribution in [0, 0.1) is 18.8 Å². The molecule has 0 aliphatic carbocycles. The van der Waals surface area contributed by atoms with Gasteiger partial charge in [0, 0.05) is 19.0 Å². The SMILES string of the molecule is CC#CCCN[C@@H](C)c1cccc(C)c1. The Morgan fingerprint density at radius 3 is 2.87 bits per heavy atom. The molecule has 0 spiro atoms. The zero-order valence-electron chi connectivity index (χ0n) is 9.80. The van der Waals surface area contributed by atoms with Crippen molar-refractivity contribution >= 4 is 0 Å². The summed E-state index contributed by atoms with van der Waals surface area (Å²) in [5.74, 6) is 5.95. The Labute approximate surface area is 92.9 Å². The van der Waals surface area contributed by atoms with Gasteiger partial charge in [-0.05, 0) is 26.3 Å². The van der Waals surface area contributed by atoms with Crippen LogP contribution in [0.3, 0.4) is 0 Å². The Hall–Kier alpha value is -1.26. The maximum absolute atomic E-state index is 3.46. The lowest BCUT2D eigenvalue weighted by atomic mass is 10.1. The van der Waals surface area contributed by atoms with E-state index in [4.69, 9.17) is 0 Å². The first-order chi connectivity index (χ1) is 7.24. The minimum absolute atomic E-state index is 0.406. The highest BCUT2D eigenvalue weighted by atomic mass is 14.9. The van der Waals surface area contributed by atoms with Gasteiger partial charge >= 0.3 is 0 Å². The molecule has 0 amide bonds. The summed E-state index contributed by atoms with van der Waals surface area (Å²) in [4.78, 5) is 0. The van der Waals surface area contributed by atoms with Crippen LogP contribution in [0.15, 0.2) is 24.3 Å². The highest BCUT2D eigenvalue weighted by Crippen LogP contribution is 2.13. The molecule has 0 saturated carbocycles. The second kappa shape index (κ2) is 6.27. The molecule has 1 atom stereocenters. The molecule has 0 aromatic heterocycles. The van der Waals surface area contributed by atoms with E-state index in [-0.39, 0.29) is 0 Å². The van der Waals surface area contributed by atoms with Crippen LogP contribution in [0.4, 0.5) is 0 Å². The fraction of sp³-hybridized carbons (Fsp3) is 0.429. The van der Waals surface area contributed by atoms with E-state index in [1.807, 2.05) is 6.92 Å². The molecule has 1 rings (SSSR count). The van der Waals surface area contributed by atoms with Gasteiger partial charge in [0.1, 0.15) is 0 Å². The Morgan fingerprint density at radius 1 is 1.40 bits per heavy atom. The van der Waals surface area contributed by atoms with E-state index in [1.54, 1.807) is 0 Å². The second-order valence-electron chi connectivity index (χ2n) is 3.77. The summed E-state index contributed by atoms with van der Waals surface area (Å²) in [6.07, 6.45) is 0.923. The maximum Gasteiger partial charge on any atom is 0.0292 e. The summed E-state index contributed by atoms with van der Waals surface area (Å²) in [6, 6.07) is 9.02. The van der Waals surface area contributed by atoms with Gasteiger partial charge in [-0.1, -0.05) is 29.8 Å². The summed E-state index contributed by atoms with van der Waals surface area (Å²) in [7, 11) is 0. The van der Waals surface area contributed by atoms with Crippen molar-refractivity contribution in [2.24, 2.45) is 0 Å². The quantitative estimate of drug-likeness (QED) is 0.583. The zero-order valence-corrected chi connectivity index (χ0v) is 9.80. The number of aryl methyl sites for hydroxylation is 1. The van der Waals surface area contributed by atoms with Crippen molar-refractivity contribution in [1.82, 2.24) is 5.32 Å². The molecule has 0 aliphatic heterocycles. The lowest BCUT2D eigenvalue weighted by Crippen LogP contribution is -2.19. The molecule has 1 nitrogen and oxygen atoms in total. The molecule has 0 bridgehead atoms. The molecule has 1 aromatic carbocycles. The summed E-state index contributed by atoms with van der Waals surface area (Å²) in [5.41, 5.74) is 2.66. The van der Waals surface area contributed by atoms with Crippen LogP contribution in [0.1, 0.15) is 37.4 Å². The summed E-state index contributed by atoms with van der Waals surface area (Å²) in [5, 5.41) is 3.46. The largest absolute Gasteiger partial charge is 0.309 e. The van der Waals surface area contributed by atoms with Crippen LogP contribution in [-0.2, 0) is 0 Å². The number of hydrogen-bond donors (Lipinski definition) is 1. The number of rotatable bonds is 4. The van der Waals surface area contributed by atoms with Crippen molar-refractivity contribution in [2.75, 3.05) is 6.54 Å². The van der Waals surface area contributed by atoms with E-state index in [2.05, 4.69) is 55.3 Å². The van der Waals surface area contributed by atoms with E-state index in [0.717, 1.165) is 13.0 Å². The van der Waals surface area contributed by atoms with Crippen LogP contribution >= 0.6 is 0 Å². The normalized spacial score (nSPS) is 11.7. The summed E-state index contributed by atoms with van der Waals surface area (Å²) in [6.45, 7) is 7.15. The maximum atomic E-state index is 3.46. The Kier molecular flexibility index (Phi) is 4.93. The first-order valence-corrected chi connectivity index (χ1v) is 5.43. The van der Waals surface area contributed by atoms with Crippen LogP contribution in [-0.4, -0.2) is 6.54 Å². The van der Waals surface area contributed by atoms with Crippen molar-refractivity contribution in [3.05, 3.63) is 35.4 Å². The van der Waals surface area contributed by atoms with Crippen molar-refractivity contribution in [3.63, 3.8) is 0 Å². The monoisotopic (exact) mass is 201 g/mol. The Morgan fingerprint density at radius 2 is 2.20 bits per heavy atom. The van der Waals surface area contributed by atoms with Gasteiger partial charge < -0.3 is 5.32 Å². The van der Waals surface area contributed by atoms with Crippen LogP contribution in [0.25, 0.3) is 0 Å². The van der Waals surface area contributed by atoms with Gasteiger partial charge in [-0.25, -0.2) is 0 Å². The molecule has 80 valence electrons. The van der Waals surface area contributed by atoms with Gasteiger partial charge in [0.05, 0.1) is 0 Å². The highest BCUT2D eigenvalue weighted by Gasteiger charge is 2.02. The van der Waals surface area contributed by atoms with Crippen molar-refractivity contribution in [2.45, 2.75) is 33.2 Å². The second-order valence-corrected chi connectivity index (χ2v) is 3.77. The predicted octanol–water partition coefficient (Wildman–Crippen LogP) is 3.06. The van der Waals surface area contributed by atoms with E-state index >= 15 is 0 Å². The molecule has 0 unspecified atom stereocenters. The number of hydrogen-bond acceptors (Lipinski definition) is 1. The van der Waals surface area contributed by atoms with Crippen molar-refractivity contribution in [3.8, 4) is 11.8 Å². The molecule has 0 radical (unpaired) electrons. The zero-order chi connectivity index (χ0) is 11.1. The fourth-order valence-electron chi connectivity index (χ4n) is 1.53. The summed E-state index contributed by atoms with van der Waals surface area (Å²) < 4.78 is 0. The molecule has 0 aliphatic rings. The van der Waals surface area contributed by atoms with Gasteiger partial charge in [0.2, 0.25) is 0 Å². The third-order valence-electron chi connectivity index (χ3n) is 2.42. The minimum Gasteiger partial charge on any atom is -0.309 e. The molecule has 1 aromatic rings. The van der Waals surface area contributed by atoms with Crippen LogP contribution < -0.4 is 5.32 Å². The molecular formula is C14H19N. The van der Waals surface area contributed by atoms with Crippen molar-refractivity contribution in [1.29, 1.82) is 0 Å². The molecule has 1 N–H and O–H groups in total. The Balaban J connectivity index is 2.45. The number of nitrogens with one attached hydrogen (secondary N) is 1. The predicted molar refractivity (Wildman–Crippen MR) is 65.7 cm³/mol. The van der Waals surface area contributed by atoms with E-state index in [1.165, 1.54) is 11.1 Å². The van der Waals surface area contributed by atoms with Crippen LogP contribution in [0.2, 0.25) is 0 Å². The molecule has 0 fully saturated rings. The Bertz CT molecular complexity index is 357. The highest BCUT2D eigenvalue weighted by molar-refractivity contribution is 5.24. The average molecular weight is 201 g/mol. The third-order valence-corrected chi connectivity index (χ3v) is 2.42. The lowest BCUT2D eigenvalue weighted by Gasteiger charge is -2.13. The average Bonchev–Trinajstić information content (AvgIpc) is 2.24. The lowest BCUT2D eigenvalue weighted by molar-refractivity contribution is 0.584. The van der Waals surface area contributed by atoms with Crippen molar-refractivity contribution < 1.29 is 0 Å². The van der Waals surface area contributed by atoms with E-state index in [0.29, 0.717) is 6.04 Å². The van der Waals surface area contributed by atoms with E-state index in [9.17, 15) is 0 Å². The standard InChI is InChI=1S/C14H19N/c1-4-5-6-10-15-13(3)14-9-7-8-12(2)11-14/h7-9,11,13,15H,6,10H2,1-3H3/t13-/m0/s1. The number of benzene rings is 1. The topological polar surface area (TPSA) is 12.0 Å². The van der Waals surface area contributed by atoms with Gasteiger partial charge in [-0.15, -0.1) is 11.8 Å². The first-order valence-electron chi connectivity index (χ1n) is 5.43. The molecule has 0 saturated heterocycles. The van der Waals surface area contributed by atoms with Gasteiger partial charge in [-0.2, -0.15) is 0 Å². The van der Waals surface area contributed by atoms with Gasteiger partial charge in [-0.3, -0.25) is 0 Å². The first kappa shape index (κ1) is 11.8. The summed E-state index contributed by atoms with van der Waals surface area (Å²) >= 11 is 0. The smallest absolute Gasteiger partial charge is 0.0292 e. The molecular weight excluding hydrogens is 182 g/mol. The molecule has 15 heavy (non-hydrogen) atoms. The third kappa shape index (κ3) is 4.18. The molecule has 0 heterocycles.